The standard InChI is InChI=1S/C16H14F2IN3O3/c17-11-5-9(19)1-2-13(11)22-15-10(16(20)25)3-8(4-12(15)18)6-21-14(24)7-23/h1-5,22-23H,6-7H2,(H2,20,25)(H,21,24). The van der Waals surface area contributed by atoms with Crippen molar-refractivity contribution in [2.45, 2.75) is 6.54 Å². The number of hydrogen-bond donors (Lipinski definition) is 4. The number of carbonyl (C=O) groups excluding carboxylic acids is 2. The molecule has 0 bridgehead atoms. The van der Waals surface area contributed by atoms with Crippen LogP contribution in [0, 0.1) is 15.2 Å². The number of carbonyl (C=O) groups is 2. The summed E-state index contributed by atoms with van der Waals surface area (Å²) < 4.78 is 29.0. The molecule has 0 radical (unpaired) electrons. The number of benzene rings is 2. The minimum atomic E-state index is -0.914. The van der Waals surface area contributed by atoms with Gasteiger partial charge in [-0.05, 0) is 58.5 Å². The molecular formula is C16H14F2IN3O3. The van der Waals surface area contributed by atoms with E-state index >= 15 is 0 Å². The molecule has 0 aliphatic carbocycles. The molecule has 0 aromatic heterocycles. The van der Waals surface area contributed by atoms with Gasteiger partial charge in [0.15, 0.2) is 0 Å². The molecule has 0 saturated carbocycles. The number of rotatable bonds is 6. The van der Waals surface area contributed by atoms with Crippen LogP contribution < -0.4 is 16.4 Å². The van der Waals surface area contributed by atoms with Gasteiger partial charge in [-0.3, -0.25) is 9.59 Å². The van der Waals surface area contributed by atoms with Crippen molar-refractivity contribution >= 4 is 45.8 Å². The normalized spacial score (nSPS) is 10.4. The highest BCUT2D eigenvalue weighted by Crippen LogP contribution is 2.28. The van der Waals surface area contributed by atoms with Crippen molar-refractivity contribution in [1.29, 1.82) is 0 Å². The van der Waals surface area contributed by atoms with Crippen LogP contribution in [0.2, 0.25) is 0 Å². The molecule has 0 unspecified atom stereocenters. The van der Waals surface area contributed by atoms with Crippen molar-refractivity contribution in [1.82, 2.24) is 5.32 Å². The van der Waals surface area contributed by atoms with E-state index < -0.39 is 30.1 Å². The molecule has 0 fully saturated rings. The monoisotopic (exact) mass is 461 g/mol. The predicted molar refractivity (Wildman–Crippen MR) is 96.3 cm³/mol. The molecule has 0 spiro atoms. The lowest BCUT2D eigenvalue weighted by Gasteiger charge is -2.14. The Hall–Kier alpha value is -2.27. The highest BCUT2D eigenvalue weighted by molar-refractivity contribution is 14.1. The average molecular weight is 461 g/mol. The number of hydrogen-bond acceptors (Lipinski definition) is 4. The van der Waals surface area contributed by atoms with Gasteiger partial charge in [0.1, 0.15) is 18.2 Å². The van der Waals surface area contributed by atoms with Gasteiger partial charge in [-0.1, -0.05) is 0 Å². The fourth-order valence-electron chi connectivity index (χ4n) is 2.07. The van der Waals surface area contributed by atoms with E-state index in [1.54, 1.807) is 6.07 Å². The van der Waals surface area contributed by atoms with Crippen LogP contribution >= 0.6 is 22.6 Å². The summed E-state index contributed by atoms with van der Waals surface area (Å²) in [6.07, 6.45) is 0. The number of amides is 2. The minimum Gasteiger partial charge on any atom is -0.387 e. The summed E-state index contributed by atoms with van der Waals surface area (Å²) in [5, 5.41) is 13.5. The molecule has 2 aromatic rings. The maximum atomic E-state index is 14.4. The summed E-state index contributed by atoms with van der Waals surface area (Å²) >= 11 is 1.93. The number of primary amides is 1. The lowest BCUT2D eigenvalue weighted by atomic mass is 10.1. The maximum absolute atomic E-state index is 14.4. The Kier molecular flexibility index (Phi) is 6.26. The lowest BCUT2D eigenvalue weighted by molar-refractivity contribution is -0.123. The second-order valence-corrected chi connectivity index (χ2v) is 6.29. The fourth-order valence-corrected chi connectivity index (χ4v) is 2.52. The van der Waals surface area contributed by atoms with Crippen LogP contribution in [0.4, 0.5) is 20.2 Å². The zero-order valence-corrected chi connectivity index (χ0v) is 14.9. The third-order valence-electron chi connectivity index (χ3n) is 3.24. The maximum Gasteiger partial charge on any atom is 0.250 e. The average Bonchev–Trinajstić information content (AvgIpc) is 2.56. The van der Waals surface area contributed by atoms with Gasteiger partial charge in [-0.25, -0.2) is 8.78 Å². The van der Waals surface area contributed by atoms with Crippen molar-refractivity contribution in [3.63, 3.8) is 0 Å². The van der Waals surface area contributed by atoms with E-state index in [0.29, 0.717) is 3.57 Å². The summed E-state index contributed by atoms with van der Waals surface area (Å²) in [6, 6.07) is 6.65. The highest BCUT2D eigenvalue weighted by atomic mass is 127. The van der Waals surface area contributed by atoms with Crippen molar-refractivity contribution in [3.8, 4) is 0 Å². The summed E-state index contributed by atoms with van der Waals surface area (Å²) in [5.74, 6) is -3.00. The molecule has 0 heterocycles. The molecule has 132 valence electrons. The van der Waals surface area contributed by atoms with E-state index in [1.807, 2.05) is 22.6 Å². The number of aliphatic hydroxyl groups is 1. The van der Waals surface area contributed by atoms with E-state index in [9.17, 15) is 18.4 Å². The number of anilines is 2. The number of aliphatic hydroxyl groups excluding tert-OH is 1. The van der Waals surface area contributed by atoms with Gasteiger partial charge in [0.2, 0.25) is 5.91 Å². The third-order valence-corrected chi connectivity index (χ3v) is 3.91. The van der Waals surface area contributed by atoms with Gasteiger partial charge in [0.05, 0.1) is 16.9 Å². The fraction of sp³-hybridized carbons (Fsp3) is 0.125. The Morgan fingerprint density at radius 2 is 1.88 bits per heavy atom. The third kappa shape index (κ3) is 4.86. The quantitative estimate of drug-likeness (QED) is 0.495. The Morgan fingerprint density at radius 3 is 2.48 bits per heavy atom. The zero-order chi connectivity index (χ0) is 18.6. The lowest BCUT2D eigenvalue weighted by Crippen LogP contribution is -2.26. The number of halogens is 3. The predicted octanol–water partition coefficient (Wildman–Crippen LogP) is 2.02. The van der Waals surface area contributed by atoms with Crippen molar-refractivity contribution in [3.05, 3.63) is 56.7 Å². The molecule has 25 heavy (non-hydrogen) atoms. The largest absolute Gasteiger partial charge is 0.387 e. The van der Waals surface area contributed by atoms with Crippen LogP contribution in [0.15, 0.2) is 30.3 Å². The Balaban J connectivity index is 2.37. The molecule has 6 nitrogen and oxygen atoms in total. The van der Waals surface area contributed by atoms with Crippen molar-refractivity contribution in [2.75, 3.05) is 11.9 Å². The van der Waals surface area contributed by atoms with Crippen molar-refractivity contribution in [2.24, 2.45) is 5.73 Å². The van der Waals surface area contributed by atoms with Crippen LogP contribution in [-0.4, -0.2) is 23.5 Å². The Bertz CT molecular complexity index is 831. The Labute approximate surface area is 155 Å². The molecule has 0 aliphatic heterocycles. The van der Waals surface area contributed by atoms with Gasteiger partial charge >= 0.3 is 0 Å². The molecule has 0 saturated heterocycles. The summed E-state index contributed by atoms with van der Waals surface area (Å²) in [7, 11) is 0. The van der Waals surface area contributed by atoms with Crippen LogP contribution in [0.25, 0.3) is 0 Å². The van der Waals surface area contributed by atoms with Gasteiger partial charge in [-0.2, -0.15) is 0 Å². The molecule has 0 aliphatic rings. The first-order valence-electron chi connectivity index (χ1n) is 7.03. The van der Waals surface area contributed by atoms with Crippen molar-refractivity contribution < 1.29 is 23.5 Å². The molecule has 0 atom stereocenters. The van der Waals surface area contributed by atoms with Gasteiger partial charge in [-0.15, -0.1) is 0 Å². The van der Waals surface area contributed by atoms with Crippen LogP contribution in [0.5, 0.6) is 0 Å². The molecule has 5 N–H and O–H groups in total. The molecule has 9 heteroatoms. The summed E-state index contributed by atoms with van der Waals surface area (Å²) in [4.78, 5) is 22.7. The van der Waals surface area contributed by atoms with Gasteiger partial charge < -0.3 is 21.5 Å². The first-order valence-corrected chi connectivity index (χ1v) is 8.11. The van der Waals surface area contributed by atoms with E-state index in [4.69, 9.17) is 10.8 Å². The Morgan fingerprint density at radius 1 is 1.16 bits per heavy atom. The summed E-state index contributed by atoms with van der Waals surface area (Å²) in [5.41, 5.74) is 5.09. The SMILES string of the molecule is NC(=O)c1cc(CNC(=O)CO)cc(F)c1Nc1ccc(I)cc1F. The van der Waals surface area contributed by atoms with Gasteiger partial charge in [0.25, 0.3) is 5.91 Å². The zero-order valence-electron chi connectivity index (χ0n) is 12.8. The molecule has 2 aromatic carbocycles. The molecular weight excluding hydrogens is 447 g/mol. The van der Waals surface area contributed by atoms with Crippen LogP contribution in [0.1, 0.15) is 15.9 Å². The van der Waals surface area contributed by atoms with E-state index in [-0.39, 0.29) is 29.0 Å². The first-order chi connectivity index (χ1) is 11.8. The van der Waals surface area contributed by atoms with Crippen LogP contribution in [0.3, 0.4) is 0 Å². The van der Waals surface area contributed by atoms with E-state index in [2.05, 4.69) is 10.6 Å². The summed E-state index contributed by atoms with van der Waals surface area (Å²) in [6.45, 7) is -0.814. The van der Waals surface area contributed by atoms with Crippen LogP contribution in [-0.2, 0) is 11.3 Å². The molecule has 2 amide bonds. The number of nitrogens with one attached hydrogen (secondary N) is 2. The van der Waals surface area contributed by atoms with E-state index in [1.165, 1.54) is 18.2 Å². The second-order valence-electron chi connectivity index (χ2n) is 5.05. The van der Waals surface area contributed by atoms with Gasteiger partial charge in [0, 0.05) is 10.1 Å². The topological polar surface area (TPSA) is 104 Å². The second kappa shape index (κ2) is 8.21. The first kappa shape index (κ1) is 19.1. The molecule has 2 rings (SSSR count). The highest BCUT2D eigenvalue weighted by Gasteiger charge is 2.17. The minimum absolute atomic E-state index is 0.0110. The van der Waals surface area contributed by atoms with E-state index in [0.717, 1.165) is 6.07 Å². The number of nitrogens with two attached hydrogens (primary N) is 1. The smallest absolute Gasteiger partial charge is 0.250 e.